The van der Waals surface area contributed by atoms with Gasteiger partial charge in [-0.15, -0.1) is 23.4 Å². The Hall–Kier alpha value is -2.60. The summed E-state index contributed by atoms with van der Waals surface area (Å²) < 4.78 is 4.83. The first kappa shape index (κ1) is 21.7. The molecule has 2 N–H and O–H groups in total. The summed E-state index contributed by atoms with van der Waals surface area (Å²) in [5, 5.41) is 14.4. The molecule has 2 atom stereocenters. The number of nitrogens with zero attached hydrogens (tertiary/aromatic N) is 2. The van der Waals surface area contributed by atoms with Crippen molar-refractivity contribution in [1.29, 1.82) is 0 Å². The highest BCUT2D eigenvalue weighted by molar-refractivity contribution is 8.00. The Morgan fingerprint density at radius 1 is 1.39 bits per heavy atom. The molecular weight excluding hydrogens is 418 g/mol. The van der Waals surface area contributed by atoms with Crippen LogP contribution in [0, 0.1) is 0 Å². The molecule has 1 unspecified atom stereocenters. The van der Waals surface area contributed by atoms with Gasteiger partial charge in [0, 0.05) is 18.2 Å². The highest BCUT2D eigenvalue weighted by Crippen LogP contribution is 2.40. The van der Waals surface area contributed by atoms with Crippen molar-refractivity contribution < 1.29 is 38.7 Å². The van der Waals surface area contributed by atoms with E-state index in [1.165, 1.54) is 18.7 Å². The molecule has 1 saturated heterocycles. The monoisotopic (exact) mass is 433 g/mol. The minimum Gasteiger partial charge on any atom is -0.477 e. The molecule has 0 aliphatic carbocycles. The number of alkyl halides is 1. The normalized spacial score (nSPS) is 21.5. The maximum Gasteiger partial charge on any atom is 0.352 e. The molecule has 2 aliphatic heterocycles. The van der Waals surface area contributed by atoms with Gasteiger partial charge in [0.2, 0.25) is 11.5 Å². The first-order chi connectivity index (χ1) is 13.2. The molecule has 0 bridgehead atoms. The Labute approximate surface area is 168 Å². The predicted molar refractivity (Wildman–Crippen MR) is 96.5 cm³/mol. The number of carbonyl (C=O) groups is 5. The molecule has 0 aromatic carbocycles. The molecule has 2 rings (SSSR count). The highest BCUT2D eigenvalue weighted by Gasteiger charge is 2.54. The van der Waals surface area contributed by atoms with Crippen LogP contribution in [0.5, 0.6) is 0 Å². The zero-order valence-corrected chi connectivity index (χ0v) is 16.3. The molecule has 28 heavy (non-hydrogen) atoms. The zero-order valence-electron chi connectivity index (χ0n) is 14.8. The number of hydrogen-bond acceptors (Lipinski definition) is 9. The second-order valence-corrected chi connectivity index (χ2v) is 6.95. The lowest BCUT2D eigenvalue weighted by atomic mass is 10.0. The first-order valence-electron chi connectivity index (χ1n) is 7.77. The molecule has 2 aliphatic rings. The van der Waals surface area contributed by atoms with Crippen LogP contribution in [0.15, 0.2) is 16.4 Å². The molecule has 0 saturated carbocycles. The molecule has 0 radical (unpaired) electrons. The van der Waals surface area contributed by atoms with Crippen LogP contribution in [0.2, 0.25) is 0 Å². The van der Waals surface area contributed by atoms with Crippen molar-refractivity contribution in [3.05, 3.63) is 11.3 Å². The third-order valence-electron chi connectivity index (χ3n) is 3.77. The van der Waals surface area contributed by atoms with Gasteiger partial charge in [-0.2, -0.15) is 0 Å². The maximum absolute atomic E-state index is 12.5. The molecule has 1 fully saturated rings. The number of Topliss-reactive ketones (excluding diaryl/α,β-unsaturated/α-hetero) is 1. The Morgan fingerprint density at radius 2 is 2.07 bits per heavy atom. The summed E-state index contributed by atoms with van der Waals surface area (Å²) in [6.07, 6.45) is 0. The topological polar surface area (TPSA) is 152 Å². The average Bonchev–Trinajstić information content (AvgIpc) is 2.66. The van der Waals surface area contributed by atoms with E-state index < -0.39 is 52.5 Å². The van der Waals surface area contributed by atoms with Crippen LogP contribution in [0.4, 0.5) is 0 Å². The van der Waals surface area contributed by atoms with Crippen molar-refractivity contribution in [1.82, 2.24) is 10.2 Å². The van der Waals surface area contributed by atoms with Gasteiger partial charge in [-0.1, -0.05) is 5.16 Å². The van der Waals surface area contributed by atoms with E-state index in [2.05, 4.69) is 15.3 Å². The van der Waals surface area contributed by atoms with Gasteiger partial charge in [-0.25, -0.2) is 4.79 Å². The number of fused-ring (bicyclic) bond motifs is 1. The highest BCUT2D eigenvalue weighted by atomic mass is 35.5. The number of esters is 1. The number of aliphatic carboxylic acids is 1. The van der Waals surface area contributed by atoms with E-state index in [0.717, 1.165) is 12.0 Å². The maximum atomic E-state index is 12.5. The third kappa shape index (κ3) is 4.28. The number of ketones is 1. The molecule has 13 heteroatoms. The molecule has 2 heterocycles. The summed E-state index contributed by atoms with van der Waals surface area (Å²) in [5.74, 6) is -4.71. The lowest BCUT2D eigenvalue weighted by Gasteiger charge is -2.49. The van der Waals surface area contributed by atoms with Crippen molar-refractivity contribution >= 4 is 58.6 Å². The zero-order chi connectivity index (χ0) is 21.0. The number of oxime groups is 1. The molecule has 2 amide bonds. The van der Waals surface area contributed by atoms with E-state index in [0.29, 0.717) is 0 Å². The fraction of sp³-hybridized carbons (Fsp3) is 0.467. The summed E-state index contributed by atoms with van der Waals surface area (Å²) >= 11 is 6.60. The van der Waals surface area contributed by atoms with E-state index in [4.69, 9.17) is 16.3 Å². The summed E-state index contributed by atoms with van der Waals surface area (Å²) in [4.78, 5) is 64.4. The van der Waals surface area contributed by atoms with Crippen LogP contribution in [-0.2, 0) is 33.5 Å². The Kier molecular flexibility index (Phi) is 7.02. The Bertz CT molecular complexity index is 796. The quantitative estimate of drug-likeness (QED) is 0.124. The van der Waals surface area contributed by atoms with Crippen LogP contribution < -0.4 is 5.32 Å². The van der Waals surface area contributed by atoms with Gasteiger partial charge in [0.05, 0.1) is 5.88 Å². The summed E-state index contributed by atoms with van der Waals surface area (Å²) in [7, 11) is 1.14. The van der Waals surface area contributed by atoms with Gasteiger partial charge < -0.3 is 20.0 Å². The number of ether oxygens (including phenoxy) is 1. The fourth-order valence-electron chi connectivity index (χ4n) is 2.57. The van der Waals surface area contributed by atoms with E-state index in [9.17, 15) is 29.1 Å². The number of rotatable bonds is 8. The van der Waals surface area contributed by atoms with Gasteiger partial charge in [0.15, 0.2) is 0 Å². The minimum atomic E-state index is -1.36. The van der Waals surface area contributed by atoms with Crippen LogP contribution in [-0.4, -0.2) is 82.0 Å². The number of carboxylic acids is 1. The van der Waals surface area contributed by atoms with Crippen molar-refractivity contribution in [3.63, 3.8) is 0 Å². The lowest BCUT2D eigenvalue weighted by Crippen LogP contribution is -2.71. The first-order valence-corrected chi connectivity index (χ1v) is 9.35. The molecule has 0 aromatic heterocycles. The number of nitrogens with one attached hydrogen (secondary N) is 1. The number of halogens is 1. The number of amides is 2. The fourth-order valence-corrected chi connectivity index (χ4v) is 4.02. The average molecular weight is 434 g/mol. The van der Waals surface area contributed by atoms with E-state index in [1.807, 2.05) is 0 Å². The van der Waals surface area contributed by atoms with Gasteiger partial charge in [0.1, 0.15) is 30.8 Å². The molecule has 11 nitrogen and oxygen atoms in total. The van der Waals surface area contributed by atoms with Crippen molar-refractivity contribution in [3.8, 4) is 0 Å². The smallest absolute Gasteiger partial charge is 0.352 e. The summed E-state index contributed by atoms with van der Waals surface area (Å²) in [5.41, 5.74) is -0.627. The predicted octanol–water partition coefficient (Wildman–Crippen LogP) is -0.902. The largest absolute Gasteiger partial charge is 0.477 e. The molecular formula is C15H16ClN3O8S. The Balaban J connectivity index is 2.18. The van der Waals surface area contributed by atoms with Gasteiger partial charge in [0.25, 0.3) is 11.8 Å². The second-order valence-electron chi connectivity index (χ2n) is 5.58. The molecule has 152 valence electrons. The van der Waals surface area contributed by atoms with Crippen LogP contribution >= 0.6 is 23.4 Å². The molecule has 0 spiro atoms. The van der Waals surface area contributed by atoms with Crippen LogP contribution in [0.3, 0.4) is 0 Å². The standard InChI is InChI=1S/C15H16ClN3O8S/c1-6(20)27-4-7-5-28-14-10(13(23)19(14)11(7)15(24)25)17-12(22)9(18-26-2)8(21)3-16/h10,14H,3-5H2,1-2H3,(H,17,22)(H,24,25)/b18-9-/t10?,14-/m0/s1. The Morgan fingerprint density at radius 3 is 2.61 bits per heavy atom. The van der Waals surface area contributed by atoms with Crippen LogP contribution in [0.1, 0.15) is 6.92 Å². The SMILES string of the molecule is CO/N=C(/C(=O)CCl)C(=O)NC1C(=O)N2C(C(=O)O)=C(COC(C)=O)CS[C@@H]12. The van der Waals surface area contributed by atoms with E-state index >= 15 is 0 Å². The van der Waals surface area contributed by atoms with Crippen molar-refractivity contribution in [2.75, 3.05) is 25.3 Å². The third-order valence-corrected chi connectivity index (χ3v) is 5.35. The van der Waals surface area contributed by atoms with E-state index in [1.54, 1.807) is 0 Å². The van der Waals surface area contributed by atoms with Gasteiger partial charge >= 0.3 is 11.9 Å². The number of carbonyl (C=O) groups excluding carboxylic acids is 4. The number of hydrogen-bond donors (Lipinski definition) is 2. The number of β-lactam (4-membered cyclic amide) rings is 1. The summed E-state index contributed by atoms with van der Waals surface area (Å²) in [6.45, 7) is 0.924. The second kappa shape index (κ2) is 9.06. The van der Waals surface area contributed by atoms with Gasteiger partial charge in [-0.3, -0.25) is 24.1 Å². The lowest BCUT2D eigenvalue weighted by molar-refractivity contribution is -0.150. The number of thioether (sulfide) groups is 1. The minimum absolute atomic E-state index is 0.176. The van der Waals surface area contributed by atoms with Crippen molar-refractivity contribution in [2.45, 2.75) is 18.3 Å². The van der Waals surface area contributed by atoms with Crippen molar-refractivity contribution in [2.24, 2.45) is 5.16 Å². The van der Waals surface area contributed by atoms with Gasteiger partial charge in [-0.05, 0) is 0 Å². The number of carboxylic acid groups (broad SMARTS) is 1. The summed E-state index contributed by atoms with van der Waals surface area (Å²) in [6, 6.07) is -1.06. The van der Waals surface area contributed by atoms with E-state index in [-0.39, 0.29) is 23.6 Å². The molecule has 0 aromatic rings. The van der Waals surface area contributed by atoms with Crippen LogP contribution in [0.25, 0.3) is 0 Å².